The van der Waals surface area contributed by atoms with Crippen LogP contribution in [0.25, 0.3) is 0 Å². The van der Waals surface area contributed by atoms with Crippen molar-refractivity contribution in [1.82, 2.24) is 24.5 Å². The van der Waals surface area contributed by atoms with E-state index >= 15 is 0 Å². The van der Waals surface area contributed by atoms with Crippen LogP contribution in [-0.4, -0.2) is 33.0 Å². The molecule has 2 heterocycles. The number of aromatic nitrogens is 5. The Balaban J connectivity index is 1.81. The summed E-state index contributed by atoms with van der Waals surface area (Å²) in [4.78, 5) is 4.08. The Morgan fingerprint density at radius 3 is 2.54 bits per heavy atom. The van der Waals surface area contributed by atoms with Gasteiger partial charge in [-0.1, -0.05) is 29.3 Å². The van der Waals surface area contributed by atoms with E-state index in [0.717, 1.165) is 0 Å². The van der Waals surface area contributed by atoms with E-state index in [2.05, 4.69) is 19.9 Å². The minimum Gasteiger partial charge on any atom is -0.269 e. The van der Waals surface area contributed by atoms with Crippen molar-refractivity contribution >= 4 is 39.2 Å². The summed E-state index contributed by atoms with van der Waals surface area (Å²) in [6, 6.07) is 5.18. The van der Waals surface area contributed by atoms with Crippen LogP contribution in [0.2, 0.25) is 10.0 Å². The third-order valence-corrected chi connectivity index (χ3v) is 5.93. The largest absolute Gasteiger partial charge is 0.269 e. The molecule has 138 valence electrons. The summed E-state index contributed by atoms with van der Waals surface area (Å²) in [5, 5.41) is 9.17. The number of anilines is 1. The molecule has 3 rings (SSSR count). The highest BCUT2D eigenvalue weighted by molar-refractivity contribution is 7.92. The molecule has 0 saturated heterocycles. The molecule has 11 heteroatoms. The third-order valence-electron chi connectivity index (χ3n) is 3.79. The number of hydrogen-bond acceptors (Lipinski definition) is 5. The Morgan fingerprint density at radius 1 is 1.23 bits per heavy atom. The fraction of sp³-hybridized carbons (Fsp3) is 0.267. The zero-order chi connectivity index (χ0) is 18.9. The van der Waals surface area contributed by atoms with Gasteiger partial charge in [-0.25, -0.2) is 17.8 Å². The van der Waals surface area contributed by atoms with Gasteiger partial charge in [-0.05, 0) is 26.0 Å². The predicted octanol–water partition coefficient (Wildman–Crippen LogP) is 2.96. The Morgan fingerprint density at radius 2 is 1.92 bits per heavy atom. The second-order valence-corrected chi connectivity index (χ2v) is 7.95. The van der Waals surface area contributed by atoms with E-state index in [-0.39, 0.29) is 17.4 Å². The summed E-state index contributed by atoms with van der Waals surface area (Å²) in [6.45, 7) is 4.41. The van der Waals surface area contributed by atoms with Gasteiger partial charge in [0.2, 0.25) is 0 Å². The van der Waals surface area contributed by atoms with Crippen LogP contribution in [0, 0.1) is 6.92 Å². The molecule has 8 nitrogen and oxygen atoms in total. The van der Waals surface area contributed by atoms with E-state index in [0.29, 0.717) is 27.8 Å². The van der Waals surface area contributed by atoms with Gasteiger partial charge in [0.05, 0.1) is 18.4 Å². The van der Waals surface area contributed by atoms with Gasteiger partial charge in [-0.2, -0.15) is 10.1 Å². The maximum atomic E-state index is 12.5. The molecule has 0 unspecified atom stereocenters. The standard InChI is InChI=1S/C15H16Cl2N6O2S/c1-3-23-10(2)14(7-19-23)26(24,25)21-15-18-9-22(20-15)8-11-12(16)5-4-6-13(11)17/h4-7,9H,3,8H2,1-2H3,(H,20,21). The molecule has 3 aromatic rings. The molecule has 0 bridgehead atoms. The fourth-order valence-electron chi connectivity index (χ4n) is 2.45. The first-order valence-electron chi connectivity index (χ1n) is 7.69. The van der Waals surface area contributed by atoms with Gasteiger partial charge in [0.15, 0.2) is 0 Å². The molecule has 26 heavy (non-hydrogen) atoms. The van der Waals surface area contributed by atoms with Crippen molar-refractivity contribution < 1.29 is 8.42 Å². The number of nitrogens with one attached hydrogen (secondary N) is 1. The van der Waals surface area contributed by atoms with Gasteiger partial charge < -0.3 is 0 Å². The molecule has 0 aliphatic heterocycles. The highest BCUT2D eigenvalue weighted by Crippen LogP contribution is 2.25. The van der Waals surface area contributed by atoms with Gasteiger partial charge in [-0.3, -0.25) is 4.68 Å². The van der Waals surface area contributed by atoms with Gasteiger partial charge in [0.25, 0.3) is 16.0 Å². The summed E-state index contributed by atoms with van der Waals surface area (Å²) in [7, 11) is -3.83. The van der Waals surface area contributed by atoms with Crippen molar-refractivity contribution in [3.8, 4) is 0 Å². The average Bonchev–Trinajstić information content (AvgIpc) is 3.17. The van der Waals surface area contributed by atoms with Crippen LogP contribution in [0.1, 0.15) is 18.2 Å². The van der Waals surface area contributed by atoms with Gasteiger partial charge in [-0.15, -0.1) is 5.10 Å². The van der Waals surface area contributed by atoms with E-state index in [9.17, 15) is 8.42 Å². The average molecular weight is 415 g/mol. The molecule has 0 aliphatic rings. The normalized spacial score (nSPS) is 11.7. The lowest BCUT2D eigenvalue weighted by molar-refractivity contribution is 0.597. The Hall–Kier alpha value is -2.10. The summed E-state index contributed by atoms with van der Waals surface area (Å²) >= 11 is 12.3. The molecule has 0 saturated carbocycles. The third kappa shape index (κ3) is 3.69. The molecular formula is C15H16Cl2N6O2S. The first-order chi connectivity index (χ1) is 12.3. The van der Waals surface area contributed by atoms with Crippen LogP contribution >= 0.6 is 23.2 Å². The SMILES string of the molecule is CCn1ncc(S(=O)(=O)Nc2ncn(Cc3c(Cl)cccc3Cl)n2)c1C. The number of hydrogen-bond donors (Lipinski definition) is 1. The van der Waals surface area contributed by atoms with Crippen molar-refractivity contribution in [1.29, 1.82) is 0 Å². The Labute approximate surface area is 160 Å². The number of benzene rings is 1. The minimum absolute atomic E-state index is 0.0446. The first kappa shape index (κ1) is 18.7. The molecule has 0 aliphatic carbocycles. The van der Waals surface area contributed by atoms with Crippen molar-refractivity contribution in [2.24, 2.45) is 0 Å². The molecule has 1 aromatic carbocycles. The maximum absolute atomic E-state index is 12.5. The molecular weight excluding hydrogens is 399 g/mol. The van der Waals surface area contributed by atoms with E-state index in [4.69, 9.17) is 23.2 Å². The highest BCUT2D eigenvalue weighted by Gasteiger charge is 2.22. The van der Waals surface area contributed by atoms with Gasteiger partial charge in [0, 0.05) is 22.2 Å². The maximum Gasteiger partial charge on any atom is 0.267 e. The molecule has 0 atom stereocenters. The van der Waals surface area contributed by atoms with E-state index in [1.807, 2.05) is 6.92 Å². The summed E-state index contributed by atoms with van der Waals surface area (Å²) in [5.74, 6) is -0.0446. The van der Waals surface area contributed by atoms with Crippen LogP contribution in [-0.2, 0) is 23.1 Å². The topological polar surface area (TPSA) is 94.7 Å². The van der Waals surface area contributed by atoms with Crippen LogP contribution < -0.4 is 4.72 Å². The summed E-state index contributed by atoms with van der Waals surface area (Å²) in [6.07, 6.45) is 2.71. The van der Waals surface area contributed by atoms with Crippen molar-refractivity contribution in [2.45, 2.75) is 31.8 Å². The van der Waals surface area contributed by atoms with Crippen molar-refractivity contribution in [3.05, 3.63) is 52.0 Å². The molecule has 0 radical (unpaired) electrons. The monoisotopic (exact) mass is 414 g/mol. The number of rotatable bonds is 6. The molecule has 0 fully saturated rings. The van der Waals surface area contributed by atoms with Crippen molar-refractivity contribution in [2.75, 3.05) is 4.72 Å². The van der Waals surface area contributed by atoms with Gasteiger partial charge in [0.1, 0.15) is 11.2 Å². The first-order valence-corrected chi connectivity index (χ1v) is 9.93. The van der Waals surface area contributed by atoms with Crippen molar-refractivity contribution in [3.63, 3.8) is 0 Å². The van der Waals surface area contributed by atoms with Crippen LogP contribution in [0.3, 0.4) is 0 Å². The lowest BCUT2D eigenvalue weighted by atomic mass is 10.2. The van der Waals surface area contributed by atoms with E-state index < -0.39 is 10.0 Å². The Kier molecular flexibility index (Phi) is 5.22. The zero-order valence-electron chi connectivity index (χ0n) is 14.0. The smallest absolute Gasteiger partial charge is 0.267 e. The lowest BCUT2D eigenvalue weighted by Gasteiger charge is -2.06. The molecule has 0 spiro atoms. The van der Waals surface area contributed by atoms with E-state index in [1.54, 1.807) is 29.8 Å². The molecule has 0 amide bonds. The van der Waals surface area contributed by atoms with E-state index in [1.165, 1.54) is 17.2 Å². The summed E-state index contributed by atoms with van der Waals surface area (Å²) in [5.41, 5.74) is 1.22. The van der Waals surface area contributed by atoms with Crippen LogP contribution in [0.4, 0.5) is 5.95 Å². The second-order valence-electron chi connectivity index (χ2n) is 5.48. The van der Waals surface area contributed by atoms with Gasteiger partial charge >= 0.3 is 0 Å². The minimum atomic E-state index is -3.83. The fourth-order valence-corrected chi connectivity index (χ4v) is 4.09. The quantitative estimate of drug-likeness (QED) is 0.668. The van der Waals surface area contributed by atoms with Crippen LogP contribution in [0.15, 0.2) is 35.6 Å². The number of halogens is 2. The zero-order valence-corrected chi connectivity index (χ0v) is 16.3. The highest BCUT2D eigenvalue weighted by atomic mass is 35.5. The summed E-state index contributed by atoms with van der Waals surface area (Å²) < 4.78 is 30.5. The number of aryl methyl sites for hydroxylation is 1. The lowest BCUT2D eigenvalue weighted by Crippen LogP contribution is -2.15. The predicted molar refractivity (Wildman–Crippen MR) is 99.0 cm³/mol. The Bertz CT molecular complexity index is 1020. The number of nitrogens with zero attached hydrogens (tertiary/aromatic N) is 5. The molecule has 1 N–H and O–H groups in total. The molecule has 2 aromatic heterocycles. The van der Waals surface area contributed by atoms with Crippen LogP contribution in [0.5, 0.6) is 0 Å². The number of sulfonamides is 1. The second kappa shape index (κ2) is 7.26.